The highest BCUT2D eigenvalue weighted by Gasteiger charge is 2.30. The molecule has 8 heteroatoms. The van der Waals surface area contributed by atoms with Crippen LogP contribution in [0, 0.1) is 0 Å². The van der Waals surface area contributed by atoms with Gasteiger partial charge in [-0.25, -0.2) is 21.1 Å². The van der Waals surface area contributed by atoms with Crippen molar-refractivity contribution in [2.24, 2.45) is 0 Å². The standard InChI is InChI=1S/C15H22N2O4S2/c1-22(18,19)16-8-3-9-17(11-10-16)23(20,21)15-7-6-13-4-2-5-14(13)12-15/h6-7,12H,2-5,8-11H2,1H3. The van der Waals surface area contributed by atoms with Gasteiger partial charge in [0.15, 0.2) is 0 Å². The first-order chi connectivity index (χ1) is 10.8. The van der Waals surface area contributed by atoms with Gasteiger partial charge in [-0.05, 0) is 48.9 Å². The summed E-state index contributed by atoms with van der Waals surface area (Å²) in [6.45, 7) is 1.13. The van der Waals surface area contributed by atoms with E-state index < -0.39 is 20.0 Å². The van der Waals surface area contributed by atoms with Crippen molar-refractivity contribution >= 4 is 20.0 Å². The molecule has 0 saturated carbocycles. The van der Waals surface area contributed by atoms with Crippen molar-refractivity contribution in [3.05, 3.63) is 29.3 Å². The number of nitrogens with zero attached hydrogens (tertiary/aromatic N) is 2. The van der Waals surface area contributed by atoms with Crippen LogP contribution in [0.5, 0.6) is 0 Å². The molecule has 0 amide bonds. The largest absolute Gasteiger partial charge is 0.243 e. The summed E-state index contributed by atoms with van der Waals surface area (Å²) in [6.07, 6.45) is 4.70. The lowest BCUT2D eigenvalue weighted by Crippen LogP contribution is -2.37. The Kier molecular flexibility index (Phi) is 4.52. The molecule has 1 aromatic carbocycles. The van der Waals surface area contributed by atoms with Crippen LogP contribution in [0.15, 0.2) is 23.1 Å². The third-order valence-electron chi connectivity index (χ3n) is 4.59. The molecule has 0 aromatic heterocycles. The van der Waals surface area contributed by atoms with Crippen LogP contribution >= 0.6 is 0 Å². The third kappa shape index (κ3) is 3.45. The molecule has 1 saturated heterocycles. The summed E-state index contributed by atoms with van der Waals surface area (Å²) in [5, 5.41) is 0. The van der Waals surface area contributed by atoms with E-state index in [2.05, 4.69) is 0 Å². The number of hydrogen-bond acceptors (Lipinski definition) is 4. The van der Waals surface area contributed by atoms with Crippen molar-refractivity contribution < 1.29 is 16.8 Å². The van der Waals surface area contributed by atoms with Crippen LogP contribution in [0.2, 0.25) is 0 Å². The van der Waals surface area contributed by atoms with Crippen LogP contribution in [-0.4, -0.2) is 57.9 Å². The zero-order chi connectivity index (χ0) is 16.7. The number of hydrogen-bond donors (Lipinski definition) is 0. The molecule has 3 rings (SSSR count). The highest BCUT2D eigenvalue weighted by molar-refractivity contribution is 7.89. The molecule has 1 aliphatic heterocycles. The Morgan fingerprint density at radius 3 is 2.22 bits per heavy atom. The number of aryl methyl sites for hydroxylation is 2. The Balaban J connectivity index is 1.83. The minimum absolute atomic E-state index is 0.201. The van der Waals surface area contributed by atoms with E-state index in [1.54, 1.807) is 12.1 Å². The predicted octanol–water partition coefficient (Wildman–Crippen LogP) is 0.831. The highest BCUT2D eigenvalue weighted by atomic mass is 32.2. The van der Waals surface area contributed by atoms with E-state index in [0.717, 1.165) is 31.1 Å². The monoisotopic (exact) mass is 358 g/mol. The highest BCUT2D eigenvalue weighted by Crippen LogP contribution is 2.26. The van der Waals surface area contributed by atoms with Crippen molar-refractivity contribution in [1.29, 1.82) is 0 Å². The molecule has 0 atom stereocenters. The van der Waals surface area contributed by atoms with Crippen LogP contribution in [0.3, 0.4) is 0 Å². The van der Waals surface area contributed by atoms with Crippen molar-refractivity contribution in [2.75, 3.05) is 32.4 Å². The Morgan fingerprint density at radius 2 is 1.48 bits per heavy atom. The Bertz CT molecular complexity index is 803. The number of sulfonamides is 2. The van der Waals surface area contributed by atoms with E-state index >= 15 is 0 Å². The van der Waals surface area contributed by atoms with E-state index in [9.17, 15) is 16.8 Å². The van der Waals surface area contributed by atoms with Crippen LogP contribution in [0.25, 0.3) is 0 Å². The van der Waals surface area contributed by atoms with Gasteiger partial charge in [0.1, 0.15) is 0 Å². The number of rotatable bonds is 3. The number of benzene rings is 1. The van der Waals surface area contributed by atoms with Gasteiger partial charge in [-0.15, -0.1) is 0 Å². The molecule has 1 aromatic rings. The summed E-state index contributed by atoms with van der Waals surface area (Å²) in [4.78, 5) is 0.325. The summed E-state index contributed by atoms with van der Waals surface area (Å²) in [5.41, 5.74) is 2.36. The van der Waals surface area contributed by atoms with Crippen LogP contribution in [0.4, 0.5) is 0 Å². The molecule has 6 nitrogen and oxygen atoms in total. The van der Waals surface area contributed by atoms with Gasteiger partial charge < -0.3 is 0 Å². The second-order valence-corrected chi connectivity index (χ2v) is 10.1. The molecule has 0 radical (unpaired) electrons. The molecule has 1 heterocycles. The van der Waals surface area contributed by atoms with E-state index in [1.165, 1.54) is 14.2 Å². The van der Waals surface area contributed by atoms with Crippen LogP contribution in [0.1, 0.15) is 24.0 Å². The molecule has 23 heavy (non-hydrogen) atoms. The first kappa shape index (κ1) is 16.9. The second kappa shape index (κ2) is 6.16. The van der Waals surface area contributed by atoms with Gasteiger partial charge in [0.05, 0.1) is 11.2 Å². The van der Waals surface area contributed by atoms with Crippen molar-refractivity contribution in [2.45, 2.75) is 30.6 Å². The fourth-order valence-corrected chi connectivity index (χ4v) is 5.69. The maximum atomic E-state index is 12.9. The van der Waals surface area contributed by atoms with Gasteiger partial charge >= 0.3 is 0 Å². The van der Waals surface area contributed by atoms with Gasteiger partial charge in [0, 0.05) is 26.2 Å². The summed E-state index contributed by atoms with van der Waals surface area (Å²) in [5.74, 6) is 0. The molecule has 0 spiro atoms. The Labute approximate surface area is 138 Å². The van der Waals surface area contributed by atoms with Gasteiger partial charge in [-0.2, -0.15) is 4.31 Å². The smallest absolute Gasteiger partial charge is 0.213 e. The molecule has 0 bridgehead atoms. The molecular weight excluding hydrogens is 336 g/mol. The van der Waals surface area contributed by atoms with Crippen LogP contribution < -0.4 is 0 Å². The van der Waals surface area contributed by atoms with E-state index in [-0.39, 0.29) is 13.1 Å². The summed E-state index contributed by atoms with van der Waals surface area (Å²) < 4.78 is 51.8. The van der Waals surface area contributed by atoms with E-state index in [4.69, 9.17) is 0 Å². The van der Waals surface area contributed by atoms with Gasteiger partial charge in [0.25, 0.3) is 0 Å². The van der Waals surface area contributed by atoms with E-state index in [1.807, 2.05) is 6.07 Å². The molecule has 0 unspecified atom stereocenters. The summed E-state index contributed by atoms with van der Waals surface area (Å²) in [6, 6.07) is 5.38. The average molecular weight is 358 g/mol. The van der Waals surface area contributed by atoms with Gasteiger partial charge in [-0.1, -0.05) is 6.07 Å². The molecular formula is C15H22N2O4S2. The molecule has 1 aliphatic carbocycles. The molecule has 128 valence electrons. The Hall–Kier alpha value is -0.960. The fraction of sp³-hybridized carbons (Fsp3) is 0.600. The van der Waals surface area contributed by atoms with Gasteiger partial charge in [0.2, 0.25) is 20.0 Å². The maximum Gasteiger partial charge on any atom is 0.243 e. The van der Waals surface area contributed by atoms with Crippen molar-refractivity contribution in [3.8, 4) is 0 Å². The minimum atomic E-state index is -3.56. The quantitative estimate of drug-likeness (QED) is 0.802. The molecule has 1 fully saturated rings. The van der Waals surface area contributed by atoms with Crippen molar-refractivity contribution in [1.82, 2.24) is 8.61 Å². The maximum absolute atomic E-state index is 12.9. The zero-order valence-corrected chi connectivity index (χ0v) is 14.9. The Morgan fingerprint density at radius 1 is 0.826 bits per heavy atom. The summed E-state index contributed by atoms with van der Waals surface area (Å²) in [7, 11) is -6.84. The van der Waals surface area contributed by atoms with Crippen LogP contribution in [-0.2, 0) is 32.9 Å². The first-order valence-electron chi connectivity index (χ1n) is 7.85. The minimum Gasteiger partial charge on any atom is -0.213 e. The lowest BCUT2D eigenvalue weighted by molar-refractivity contribution is 0.406. The van der Waals surface area contributed by atoms with E-state index in [0.29, 0.717) is 24.4 Å². The van der Waals surface area contributed by atoms with Crippen molar-refractivity contribution in [3.63, 3.8) is 0 Å². The van der Waals surface area contributed by atoms with Gasteiger partial charge in [-0.3, -0.25) is 0 Å². The first-order valence-corrected chi connectivity index (χ1v) is 11.1. The topological polar surface area (TPSA) is 74.8 Å². The lowest BCUT2D eigenvalue weighted by atomic mass is 10.1. The zero-order valence-electron chi connectivity index (χ0n) is 13.2. The third-order valence-corrected chi connectivity index (χ3v) is 7.79. The summed E-state index contributed by atoms with van der Waals surface area (Å²) >= 11 is 0. The lowest BCUT2D eigenvalue weighted by Gasteiger charge is -2.21. The molecule has 2 aliphatic rings. The second-order valence-electron chi connectivity index (χ2n) is 6.20. The normalized spacial score (nSPS) is 21.1. The fourth-order valence-electron chi connectivity index (χ4n) is 3.30. The molecule has 0 N–H and O–H groups in total. The SMILES string of the molecule is CS(=O)(=O)N1CCCN(S(=O)(=O)c2ccc3c(c2)CCC3)CC1. The average Bonchev–Trinajstić information content (AvgIpc) is 2.78. The number of fused-ring (bicyclic) bond motifs is 1. The predicted molar refractivity (Wildman–Crippen MR) is 88.3 cm³/mol.